The van der Waals surface area contributed by atoms with Gasteiger partial charge in [-0.3, -0.25) is 14.4 Å². The number of hydrogen-bond acceptors (Lipinski definition) is 4. The molecule has 5 aliphatic rings. The van der Waals surface area contributed by atoms with Gasteiger partial charge in [0.2, 0.25) is 0 Å². The van der Waals surface area contributed by atoms with Crippen LogP contribution in [0.4, 0.5) is 0 Å². The molecule has 5 unspecified atom stereocenters. The molecule has 0 bridgehead atoms. The molecule has 0 aromatic heterocycles. The number of ether oxygens (including phenoxy) is 1. The van der Waals surface area contributed by atoms with Crippen molar-refractivity contribution in [1.82, 2.24) is 0 Å². The Balaban J connectivity index is 1.58. The van der Waals surface area contributed by atoms with Crippen LogP contribution in [-0.4, -0.2) is 28.9 Å². The van der Waals surface area contributed by atoms with Gasteiger partial charge in [-0.05, 0) is 104 Å². The Kier molecular flexibility index (Phi) is 5.78. The first-order valence-corrected chi connectivity index (χ1v) is 14.6. The Morgan fingerprint density at radius 3 is 2.19 bits per heavy atom. The van der Waals surface area contributed by atoms with Crippen LogP contribution in [0.2, 0.25) is 0 Å². The van der Waals surface area contributed by atoms with Gasteiger partial charge in [0.15, 0.2) is 5.78 Å². The van der Waals surface area contributed by atoms with Crippen LogP contribution in [0.15, 0.2) is 11.6 Å². The predicted molar refractivity (Wildman–Crippen MR) is 143 cm³/mol. The van der Waals surface area contributed by atoms with E-state index in [1.165, 1.54) is 12.5 Å². The number of esters is 1. The number of hydrogen-bond donors (Lipinski definition) is 1. The topological polar surface area (TPSA) is 80.7 Å². The molecule has 5 nitrogen and oxygen atoms in total. The first-order valence-electron chi connectivity index (χ1n) is 14.6. The lowest BCUT2D eigenvalue weighted by molar-refractivity contribution is -0.210. The zero-order valence-corrected chi connectivity index (χ0v) is 24.3. The lowest BCUT2D eigenvalue weighted by Crippen LogP contribution is -2.66. The maximum Gasteiger partial charge on any atom is 0.309 e. The number of allylic oxidation sites excluding steroid dienone is 2. The van der Waals surface area contributed by atoms with Crippen molar-refractivity contribution in [2.24, 2.45) is 50.2 Å². The SMILES string of the molecule is CC(=O)OC1CCC2(C)C(CC[C@]3(C)[C@H]2C(=O)C=C2C4CC(C)(C(=O)O)CC[C@]4(C)CC[C@]23C)C1(C)C. The zero-order chi connectivity index (χ0) is 27.4. The molecule has 5 aliphatic carbocycles. The van der Waals surface area contributed by atoms with Gasteiger partial charge in [-0.25, -0.2) is 0 Å². The fraction of sp³-hybridized carbons (Fsp3) is 0.844. The minimum atomic E-state index is -0.729. The minimum absolute atomic E-state index is 0.0644. The molecule has 4 saturated carbocycles. The van der Waals surface area contributed by atoms with E-state index in [1.807, 2.05) is 13.0 Å². The molecule has 0 spiro atoms. The Labute approximate surface area is 223 Å². The van der Waals surface area contributed by atoms with Crippen molar-refractivity contribution in [1.29, 1.82) is 0 Å². The molecule has 5 rings (SSSR count). The second-order valence-electron chi connectivity index (χ2n) is 15.5. The van der Waals surface area contributed by atoms with Gasteiger partial charge in [-0.1, -0.05) is 47.1 Å². The number of rotatable bonds is 2. The van der Waals surface area contributed by atoms with Gasteiger partial charge in [-0.15, -0.1) is 0 Å². The molecule has 0 saturated heterocycles. The highest BCUT2D eigenvalue weighted by molar-refractivity contribution is 5.95. The van der Waals surface area contributed by atoms with Crippen LogP contribution < -0.4 is 0 Å². The first kappa shape index (κ1) is 26.9. The van der Waals surface area contributed by atoms with Crippen LogP contribution in [0, 0.1) is 50.2 Å². The third-order valence-corrected chi connectivity index (χ3v) is 13.3. The average Bonchev–Trinajstić information content (AvgIpc) is 2.78. The van der Waals surface area contributed by atoms with Gasteiger partial charge in [-0.2, -0.15) is 0 Å². The van der Waals surface area contributed by atoms with E-state index in [1.54, 1.807) is 0 Å². The zero-order valence-electron chi connectivity index (χ0n) is 24.3. The van der Waals surface area contributed by atoms with Crippen LogP contribution >= 0.6 is 0 Å². The summed E-state index contributed by atoms with van der Waals surface area (Å²) in [6.07, 6.45) is 10.0. The van der Waals surface area contributed by atoms with Gasteiger partial charge in [0.25, 0.3) is 0 Å². The highest BCUT2D eigenvalue weighted by Gasteiger charge is 2.70. The van der Waals surface area contributed by atoms with Crippen LogP contribution in [0.5, 0.6) is 0 Å². The van der Waals surface area contributed by atoms with E-state index in [2.05, 4.69) is 41.5 Å². The predicted octanol–water partition coefficient (Wildman–Crippen LogP) is 6.98. The normalized spacial score (nSPS) is 50.5. The highest BCUT2D eigenvalue weighted by atomic mass is 16.5. The number of aliphatic carboxylic acids is 1. The van der Waals surface area contributed by atoms with Gasteiger partial charge >= 0.3 is 11.9 Å². The van der Waals surface area contributed by atoms with E-state index in [9.17, 15) is 19.5 Å². The Hall–Kier alpha value is -1.65. The first-order chi connectivity index (χ1) is 16.9. The van der Waals surface area contributed by atoms with E-state index >= 15 is 0 Å². The van der Waals surface area contributed by atoms with Crippen molar-refractivity contribution < 1.29 is 24.2 Å². The molecular weight excluding hydrogens is 464 g/mol. The minimum Gasteiger partial charge on any atom is -0.481 e. The van der Waals surface area contributed by atoms with Crippen molar-refractivity contribution >= 4 is 17.7 Å². The van der Waals surface area contributed by atoms with E-state index in [0.29, 0.717) is 18.8 Å². The summed E-state index contributed by atoms with van der Waals surface area (Å²) >= 11 is 0. The maximum atomic E-state index is 14.4. The fourth-order valence-corrected chi connectivity index (χ4v) is 10.8. The molecule has 4 fully saturated rings. The molecule has 5 heteroatoms. The Bertz CT molecular complexity index is 1070. The molecule has 9 atom stereocenters. The molecule has 0 radical (unpaired) electrons. The third kappa shape index (κ3) is 3.43. The van der Waals surface area contributed by atoms with Crippen molar-refractivity contribution in [3.63, 3.8) is 0 Å². The van der Waals surface area contributed by atoms with Crippen molar-refractivity contribution in [2.45, 2.75) is 119 Å². The number of carbonyl (C=O) groups is 3. The summed E-state index contributed by atoms with van der Waals surface area (Å²) in [6.45, 7) is 17.4. The number of carbonyl (C=O) groups excluding carboxylic acids is 2. The van der Waals surface area contributed by atoms with Crippen LogP contribution in [-0.2, 0) is 19.1 Å². The van der Waals surface area contributed by atoms with E-state index in [-0.39, 0.29) is 56.8 Å². The average molecular weight is 513 g/mol. The fourth-order valence-electron chi connectivity index (χ4n) is 10.8. The molecule has 37 heavy (non-hydrogen) atoms. The Morgan fingerprint density at radius 1 is 0.919 bits per heavy atom. The number of carboxylic acids is 1. The van der Waals surface area contributed by atoms with Crippen LogP contribution in [0.25, 0.3) is 0 Å². The molecule has 1 N–H and O–H groups in total. The third-order valence-electron chi connectivity index (χ3n) is 13.3. The number of fused-ring (bicyclic) bond motifs is 7. The molecule has 206 valence electrons. The largest absolute Gasteiger partial charge is 0.481 e. The second kappa shape index (κ2) is 7.94. The summed E-state index contributed by atoms with van der Waals surface area (Å²) in [5, 5.41) is 10.1. The van der Waals surface area contributed by atoms with Crippen molar-refractivity contribution in [2.75, 3.05) is 0 Å². The molecular formula is C32H48O5. The van der Waals surface area contributed by atoms with Crippen molar-refractivity contribution in [3.8, 4) is 0 Å². The Morgan fingerprint density at radius 2 is 1.57 bits per heavy atom. The van der Waals surface area contributed by atoms with Gasteiger partial charge in [0.05, 0.1) is 5.41 Å². The molecule has 0 amide bonds. The van der Waals surface area contributed by atoms with Crippen molar-refractivity contribution in [3.05, 3.63) is 11.6 Å². The molecule has 0 aromatic carbocycles. The van der Waals surface area contributed by atoms with E-state index < -0.39 is 11.4 Å². The lowest BCUT2D eigenvalue weighted by atomic mass is 9.33. The lowest BCUT2D eigenvalue weighted by Gasteiger charge is -2.70. The summed E-state index contributed by atoms with van der Waals surface area (Å²) in [7, 11) is 0. The van der Waals surface area contributed by atoms with Gasteiger partial charge in [0.1, 0.15) is 6.10 Å². The van der Waals surface area contributed by atoms with Crippen LogP contribution in [0.1, 0.15) is 113 Å². The monoisotopic (exact) mass is 512 g/mol. The summed E-state index contributed by atoms with van der Waals surface area (Å²) < 4.78 is 5.82. The molecule has 0 aromatic rings. The summed E-state index contributed by atoms with van der Waals surface area (Å²) in [4.78, 5) is 38.5. The molecule has 0 aliphatic heterocycles. The standard InChI is InChI=1S/C32H48O5/c1-19(33)37-24-10-11-30(6)23(27(24,2)3)9-12-32(8)25(30)22(34)17-20-21-18-29(5,26(35)36)14-13-28(21,4)15-16-31(20,32)7/h17,21,23-25H,9-16,18H2,1-8H3,(H,35,36)/t21?,23?,24?,25-,28+,29?,30?,31+,32+/m0/s1. The van der Waals surface area contributed by atoms with Gasteiger partial charge < -0.3 is 9.84 Å². The summed E-state index contributed by atoms with van der Waals surface area (Å²) in [6, 6.07) is 0. The maximum absolute atomic E-state index is 14.4. The highest BCUT2D eigenvalue weighted by Crippen LogP contribution is 2.75. The summed E-state index contributed by atoms with van der Waals surface area (Å²) in [5.74, 6) is -0.280. The second-order valence-corrected chi connectivity index (χ2v) is 15.5. The number of carboxylic acid groups (broad SMARTS) is 1. The van der Waals surface area contributed by atoms with E-state index in [0.717, 1.165) is 44.9 Å². The summed E-state index contributed by atoms with van der Waals surface area (Å²) in [5.41, 5.74) is -0.0327. The van der Waals surface area contributed by atoms with Gasteiger partial charge in [0, 0.05) is 18.3 Å². The number of ketones is 1. The quantitative estimate of drug-likeness (QED) is 0.404. The van der Waals surface area contributed by atoms with Crippen LogP contribution in [0.3, 0.4) is 0 Å². The smallest absolute Gasteiger partial charge is 0.309 e. The van der Waals surface area contributed by atoms with E-state index in [4.69, 9.17) is 4.74 Å². The molecule has 0 heterocycles.